The van der Waals surface area contributed by atoms with Crippen molar-refractivity contribution < 1.29 is 19.1 Å². The molecule has 0 saturated heterocycles. The number of amides is 1. The van der Waals surface area contributed by atoms with Crippen LogP contribution in [-0.4, -0.2) is 25.6 Å². The van der Waals surface area contributed by atoms with E-state index in [2.05, 4.69) is 23.9 Å². The summed E-state index contributed by atoms with van der Waals surface area (Å²) in [5.41, 5.74) is 0.383. The fourth-order valence-electron chi connectivity index (χ4n) is 2.23. The summed E-state index contributed by atoms with van der Waals surface area (Å²) >= 11 is 1.62. The molecule has 24 heavy (non-hydrogen) atoms. The minimum absolute atomic E-state index is 0.0393. The van der Waals surface area contributed by atoms with Crippen molar-refractivity contribution in [2.24, 2.45) is 5.92 Å². The van der Waals surface area contributed by atoms with E-state index in [1.54, 1.807) is 35.6 Å². The number of nitrogens with one attached hydrogen (secondary N) is 1. The summed E-state index contributed by atoms with van der Waals surface area (Å²) in [6.07, 6.45) is 0. The number of hydrogen-bond donors (Lipinski definition) is 1. The van der Waals surface area contributed by atoms with Crippen LogP contribution in [0.5, 0.6) is 5.75 Å². The monoisotopic (exact) mass is 347 g/mol. The number of hydrogen-bond acceptors (Lipinski definition) is 5. The predicted octanol–water partition coefficient (Wildman–Crippen LogP) is 3.43. The second kappa shape index (κ2) is 8.49. The van der Waals surface area contributed by atoms with Gasteiger partial charge in [0, 0.05) is 4.88 Å². The zero-order valence-corrected chi connectivity index (χ0v) is 14.8. The Morgan fingerprint density at radius 1 is 1.21 bits per heavy atom. The van der Waals surface area contributed by atoms with Crippen molar-refractivity contribution in [1.29, 1.82) is 0 Å². The van der Waals surface area contributed by atoms with Crippen LogP contribution < -0.4 is 10.1 Å². The molecule has 6 heteroatoms. The molecule has 0 bridgehead atoms. The highest BCUT2D eigenvalue weighted by Gasteiger charge is 2.19. The van der Waals surface area contributed by atoms with Crippen molar-refractivity contribution in [2.75, 3.05) is 13.7 Å². The minimum Gasteiger partial charge on any atom is -0.484 e. The molecule has 0 radical (unpaired) electrons. The first-order valence-electron chi connectivity index (χ1n) is 7.65. The van der Waals surface area contributed by atoms with Crippen molar-refractivity contribution >= 4 is 23.2 Å². The number of ether oxygens (including phenoxy) is 2. The summed E-state index contributed by atoms with van der Waals surface area (Å²) in [7, 11) is 1.32. The van der Waals surface area contributed by atoms with Gasteiger partial charge < -0.3 is 14.8 Å². The van der Waals surface area contributed by atoms with E-state index < -0.39 is 5.97 Å². The van der Waals surface area contributed by atoms with Crippen molar-refractivity contribution in [3.63, 3.8) is 0 Å². The number of esters is 1. The van der Waals surface area contributed by atoms with Crippen LogP contribution in [0.25, 0.3) is 0 Å². The molecule has 0 spiro atoms. The Bertz CT molecular complexity index is 682. The Balaban J connectivity index is 1.94. The zero-order valence-electron chi connectivity index (χ0n) is 13.9. The smallest absolute Gasteiger partial charge is 0.337 e. The largest absolute Gasteiger partial charge is 0.484 e. The molecular formula is C18H21NO4S. The van der Waals surface area contributed by atoms with Gasteiger partial charge in [-0.2, -0.15) is 0 Å². The van der Waals surface area contributed by atoms with Gasteiger partial charge in [-0.05, 0) is 35.6 Å². The first-order chi connectivity index (χ1) is 11.5. The molecule has 0 aliphatic heterocycles. The molecule has 5 nitrogen and oxygen atoms in total. The molecule has 1 amide bonds. The number of benzene rings is 1. The number of carbonyl (C=O) groups excluding carboxylic acids is 2. The van der Waals surface area contributed by atoms with E-state index >= 15 is 0 Å². The third-order valence-corrected chi connectivity index (χ3v) is 4.41. The van der Waals surface area contributed by atoms with E-state index in [-0.39, 0.29) is 24.5 Å². The fraction of sp³-hybridized carbons (Fsp3) is 0.333. The Morgan fingerprint density at radius 3 is 2.62 bits per heavy atom. The van der Waals surface area contributed by atoms with Gasteiger partial charge in [0.2, 0.25) is 0 Å². The van der Waals surface area contributed by atoms with Gasteiger partial charge in [0.05, 0.1) is 18.7 Å². The van der Waals surface area contributed by atoms with E-state index in [1.807, 2.05) is 17.5 Å². The maximum Gasteiger partial charge on any atom is 0.337 e. The predicted molar refractivity (Wildman–Crippen MR) is 93.3 cm³/mol. The van der Waals surface area contributed by atoms with Gasteiger partial charge in [-0.1, -0.05) is 26.0 Å². The molecular weight excluding hydrogens is 326 g/mol. The second-order valence-corrected chi connectivity index (χ2v) is 6.59. The lowest BCUT2D eigenvalue weighted by molar-refractivity contribution is -0.124. The number of thiophene rings is 1. The minimum atomic E-state index is -0.442. The van der Waals surface area contributed by atoms with Crippen molar-refractivity contribution in [1.82, 2.24) is 5.32 Å². The molecule has 0 fully saturated rings. The summed E-state index contributed by atoms with van der Waals surface area (Å²) < 4.78 is 10.1. The molecule has 0 aliphatic rings. The first kappa shape index (κ1) is 18.0. The highest BCUT2D eigenvalue weighted by molar-refractivity contribution is 7.10. The fourth-order valence-corrected chi connectivity index (χ4v) is 3.18. The number of methoxy groups -OCH3 is 1. The van der Waals surface area contributed by atoms with Crippen LogP contribution in [0.1, 0.15) is 35.1 Å². The van der Waals surface area contributed by atoms with E-state index in [0.29, 0.717) is 11.3 Å². The third-order valence-electron chi connectivity index (χ3n) is 3.46. The molecule has 2 aromatic rings. The van der Waals surface area contributed by atoms with Gasteiger partial charge in [-0.3, -0.25) is 4.79 Å². The van der Waals surface area contributed by atoms with Gasteiger partial charge in [0.25, 0.3) is 5.91 Å². The van der Waals surface area contributed by atoms with Gasteiger partial charge in [0.15, 0.2) is 6.61 Å². The first-order valence-corrected chi connectivity index (χ1v) is 8.53. The number of carbonyl (C=O) groups is 2. The topological polar surface area (TPSA) is 64.6 Å². The van der Waals surface area contributed by atoms with Gasteiger partial charge in [-0.15, -0.1) is 11.3 Å². The van der Waals surface area contributed by atoms with Gasteiger partial charge in [-0.25, -0.2) is 4.79 Å². The van der Waals surface area contributed by atoms with E-state index in [4.69, 9.17) is 4.74 Å². The summed E-state index contributed by atoms with van der Waals surface area (Å²) in [5.74, 6) is 0.0774. The molecule has 1 aromatic heterocycles. The second-order valence-electron chi connectivity index (χ2n) is 5.61. The quantitative estimate of drug-likeness (QED) is 0.780. The zero-order chi connectivity index (χ0) is 17.5. The van der Waals surface area contributed by atoms with Crippen LogP contribution in [-0.2, 0) is 9.53 Å². The number of rotatable bonds is 7. The Kier molecular flexibility index (Phi) is 6.37. The highest BCUT2D eigenvalue weighted by atomic mass is 32.1. The van der Waals surface area contributed by atoms with E-state index in [1.165, 1.54) is 7.11 Å². The molecule has 128 valence electrons. The lowest BCUT2D eigenvalue weighted by Gasteiger charge is -2.21. The van der Waals surface area contributed by atoms with Gasteiger partial charge >= 0.3 is 5.97 Å². The van der Waals surface area contributed by atoms with Crippen LogP contribution in [0.2, 0.25) is 0 Å². The standard InChI is InChI=1S/C18H21NO4S/c1-12(2)17(15-8-5-9-24-15)19-16(20)11-23-14-7-4-6-13(10-14)18(21)22-3/h4-10,12,17H,11H2,1-3H3,(H,19,20). The molecule has 1 N–H and O–H groups in total. The maximum absolute atomic E-state index is 12.2. The molecule has 1 aromatic carbocycles. The summed E-state index contributed by atoms with van der Waals surface area (Å²) in [6.45, 7) is 4.01. The van der Waals surface area contributed by atoms with E-state index in [0.717, 1.165) is 4.88 Å². The highest BCUT2D eigenvalue weighted by Crippen LogP contribution is 2.25. The van der Waals surface area contributed by atoms with Gasteiger partial charge in [0.1, 0.15) is 5.75 Å². The van der Waals surface area contributed by atoms with Crippen molar-refractivity contribution in [3.8, 4) is 5.75 Å². The van der Waals surface area contributed by atoms with Crippen LogP contribution in [0, 0.1) is 5.92 Å². The third kappa shape index (κ3) is 4.83. The molecule has 1 atom stereocenters. The lowest BCUT2D eigenvalue weighted by atomic mass is 10.0. The average molecular weight is 347 g/mol. The van der Waals surface area contributed by atoms with Crippen molar-refractivity contribution in [3.05, 3.63) is 52.2 Å². The molecule has 1 unspecified atom stereocenters. The van der Waals surface area contributed by atoms with Crippen LogP contribution in [0.3, 0.4) is 0 Å². The molecule has 1 heterocycles. The average Bonchev–Trinajstić information content (AvgIpc) is 3.11. The normalized spacial score (nSPS) is 11.8. The lowest BCUT2D eigenvalue weighted by Crippen LogP contribution is -2.34. The maximum atomic E-state index is 12.2. The van der Waals surface area contributed by atoms with Crippen LogP contribution in [0.15, 0.2) is 41.8 Å². The summed E-state index contributed by atoms with van der Waals surface area (Å²) in [6, 6.07) is 10.5. The molecule has 0 saturated carbocycles. The van der Waals surface area contributed by atoms with Crippen molar-refractivity contribution in [2.45, 2.75) is 19.9 Å². The Morgan fingerprint density at radius 2 is 2.00 bits per heavy atom. The van der Waals surface area contributed by atoms with Crippen LogP contribution >= 0.6 is 11.3 Å². The summed E-state index contributed by atoms with van der Waals surface area (Å²) in [4.78, 5) is 24.8. The van der Waals surface area contributed by atoms with Crippen LogP contribution in [0.4, 0.5) is 0 Å². The SMILES string of the molecule is COC(=O)c1cccc(OCC(=O)NC(c2cccs2)C(C)C)c1. The summed E-state index contributed by atoms with van der Waals surface area (Å²) in [5, 5.41) is 4.98. The molecule has 0 aliphatic carbocycles. The van der Waals surface area contributed by atoms with E-state index in [9.17, 15) is 9.59 Å². The molecule has 2 rings (SSSR count). The Labute approximate surface area is 145 Å². The Hall–Kier alpha value is -2.34.